The molecule has 0 radical (unpaired) electrons. The molecule has 5 rings (SSSR count). The third-order valence-corrected chi connectivity index (χ3v) is 5.73. The van der Waals surface area contributed by atoms with Crippen molar-refractivity contribution < 1.29 is 4.74 Å². The zero-order valence-electron chi connectivity index (χ0n) is 11.1. The average Bonchev–Trinajstić information content (AvgIpc) is 2.28. The van der Waals surface area contributed by atoms with E-state index in [0.717, 1.165) is 28.5 Å². The lowest BCUT2D eigenvalue weighted by Gasteiger charge is -2.60. The van der Waals surface area contributed by atoms with Gasteiger partial charge >= 0.3 is 0 Å². The molecule has 102 valence electrons. The van der Waals surface area contributed by atoms with Gasteiger partial charge in [0.05, 0.1) is 0 Å². The summed E-state index contributed by atoms with van der Waals surface area (Å²) in [6.45, 7) is 0. The molecule has 4 aliphatic rings. The maximum absolute atomic E-state index is 6.60. The molecule has 0 aromatic heterocycles. The van der Waals surface area contributed by atoms with Gasteiger partial charge in [-0.3, -0.25) is 0 Å². The summed E-state index contributed by atoms with van der Waals surface area (Å²) in [6, 6.07) is 8.22. The topological polar surface area (TPSA) is 35.2 Å². The first kappa shape index (κ1) is 12.2. The molecule has 0 heterocycles. The molecule has 4 aliphatic carbocycles. The second kappa shape index (κ2) is 3.98. The number of ether oxygens (including phenoxy) is 1. The lowest BCUT2D eigenvalue weighted by atomic mass is 9.51. The van der Waals surface area contributed by atoms with Crippen molar-refractivity contribution in [2.24, 2.45) is 17.6 Å². The number of nitrogens with two attached hydrogens (primary N) is 1. The predicted molar refractivity (Wildman–Crippen MR) is 79.1 cm³/mol. The van der Waals surface area contributed by atoms with Crippen LogP contribution in [0.3, 0.4) is 0 Å². The molecule has 1 aromatic rings. The van der Waals surface area contributed by atoms with E-state index in [1.165, 1.54) is 32.1 Å². The van der Waals surface area contributed by atoms with Crippen LogP contribution in [0, 0.1) is 11.8 Å². The first-order valence-electron chi connectivity index (χ1n) is 7.28. The third-order valence-electron chi connectivity index (χ3n) is 5.20. The van der Waals surface area contributed by atoms with Crippen molar-refractivity contribution in [2.75, 3.05) is 0 Å². The van der Waals surface area contributed by atoms with E-state index >= 15 is 0 Å². The Morgan fingerprint density at radius 1 is 1.05 bits per heavy atom. The Kier molecular flexibility index (Phi) is 2.56. The first-order chi connectivity index (χ1) is 9.04. The fraction of sp³-hybridized carbons (Fsp3) is 0.625. The van der Waals surface area contributed by atoms with Gasteiger partial charge in [0, 0.05) is 16.4 Å². The van der Waals surface area contributed by atoms with Gasteiger partial charge in [0.25, 0.3) is 0 Å². The highest BCUT2D eigenvalue weighted by atomic mass is 79.9. The molecule has 0 saturated heterocycles. The van der Waals surface area contributed by atoms with Gasteiger partial charge in [-0.2, -0.15) is 0 Å². The Hall–Kier alpha value is -0.540. The van der Waals surface area contributed by atoms with Crippen LogP contribution in [0.15, 0.2) is 28.7 Å². The Balaban J connectivity index is 1.61. The van der Waals surface area contributed by atoms with Gasteiger partial charge in [0.1, 0.15) is 11.4 Å². The molecule has 2 nitrogen and oxygen atoms in total. The molecule has 0 amide bonds. The van der Waals surface area contributed by atoms with E-state index in [1.54, 1.807) is 0 Å². The maximum atomic E-state index is 6.60. The summed E-state index contributed by atoms with van der Waals surface area (Å²) in [4.78, 5) is 0. The van der Waals surface area contributed by atoms with Gasteiger partial charge in [0.15, 0.2) is 0 Å². The van der Waals surface area contributed by atoms with Crippen LogP contribution in [-0.4, -0.2) is 11.1 Å². The van der Waals surface area contributed by atoms with Crippen LogP contribution in [0.4, 0.5) is 0 Å². The third kappa shape index (κ3) is 2.11. The van der Waals surface area contributed by atoms with Gasteiger partial charge in [-0.15, -0.1) is 0 Å². The maximum Gasteiger partial charge on any atom is 0.120 e. The molecule has 19 heavy (non-hydrogen) atoms. The number of hydrogen-bond acceptors (Lipinski definition) is 2. The van der Waals surface area contributed by atoms with Crippen LogP contribution in [-0.2, 0) is 0 Å². The highest BCUT2D eigenvalue weighted by molar-refractivity contribution is 9.10. The van der Waals surface area contributed by atoms with Crippen molar-refractivity contribution in [3.05, 3.63) is 28.7 Å². The van der Waals surface area contributed by atoms with Gasteiger partial charge in [0.2, 0.25) is 0 Å². The molecule has 2 N–H and O–H groups in total. The lowest BCUT2D eigenvalue weighted by Crippen LogP contribution is -2.64. The fourth-order valence-electron chi connectivity index (χ4n) is 5.12. The average molecular weight is 322 g/mol. The number of rotatable bonds is 2. The molecule has 4 saturated carbocycles. The molecule has 3 heteroatoms. The van der Waals surface area contributed by atoms with Crippen molar-refractivity contribution in [3.63, 3.8) is 0 Å². The summed E-state index contributed by atoms with van der Waals surface area (Å²) in [5.41, 5.74) is 6.67. The molecule has 1 aromatic carbocycles. The Morgan fingerprint density at radius 2 is 1.68 bits per heavy atom. The van der Waals surface area contributed by atoms with Crippen LogP contribution in [0.25, 0.3) is 0 Å². The minimum absolute atomic E-state index is 0.0205. The minimum atomic E-state index is 0.0205. The Bertz CT molecular complexity index is 484. The van der Waals surface area contributed by atoms with E-state index in [1.807, 2.05) is 12.1 Å². The molecule has 4 fully saturated rings. The highest BCUT2D eigenvalue weighted by Gasteiger charge is 2.57. The molecule has 2 unspecified atom stereocenters. The van der Waals surface area contributed by atoms with Gasteiger partial charge < -0.3 is 10.5 Å². The second-order valence-corrected chi connectivity index (χ2v) is 7.98. The number of benzene rings is 1. The normalized spacial score (nSPS) is 43.5. The molecular weight excluding hydrogens is 302 g/mol. The summed E-state index contributed by atoms with van der Waals surface area (Å²) >= 11 is 3.47. The van der Waals surface area contributed by atoms with Crippen molar-refractivity contribution in [2.45, 2.75) is 49.7 Å². The van der Waals surface area contributed by atoms with Crippen molar-refractivity contribution in [3.8, 4) is 5.75 Å². The van der Waals surface area contributed by atoms with E-state index in [9.17, 15) is 0 Å². The van der Waals surface area contributed by atoms with E-state index in [-0.39, 0.29) is 11.1 Å². The van der Waals surface area contributed by atoms with Crippen LogP contribution in [0.2, 0.25) is 0 Å². The smallest absolute Gasteiger partial charge is 0.120 e. The van der Waals surface area contributed by atoms with E-state index < -0.39 is 0 Å². The minimum Gasteiger partial charge on any atom is -0.487 e. The van der Waals surface area contributed by atoms with E-state index in [0.29, 0.717) is 0 Å². The monoisotopic (exact) mass is 321 g/mol. The Labute approximate surface area is 122 Å². The van der Waals surface area contributed by atoms with Gasteiger partial charge in [-0.1, -0.05) is 15.9 Å². The number of hydrogen-bond donors (Lipinski definition) is 1. The molecule has 0 spiro atoms. The van der Waals surface area contributed by atoms with Gasteiger partial charge in [-0.05, 0) is 68.2 Å². The largest absolute Gasteiger partial charge is 0.487 e. The van der Waals surface area contributed by atoms with Gasteiger partial charge in [-0.25, -0.2) is 0 Å². The quantitative estimate of drug-likeness (QED) is 0.897. The lowest BCUT2D eigenvalue weighted by molar-refractivity contribution is -0.117. The summed E-state index contributed by atoms with van der Waals surface area (Å²) in [5.74, 6) is 2.58. The molecule has 0 aliphatic heterocycles. The number of halogens is 1. The van der Waals surface area contributed by atoms with Crippen LogP contribution in [0.5, 0.6) is 5.75 Å². The van der Waals surface area contributed by atoms with Crippen molar-refractivity contribution in [1.29, 1.82) is 0 Å². The van der Waals surface area contributed by atoms with Crippen LogP contribution in [0.1, 0.15) is 38.5 Å². The van der Waals surface area contributed by atoms with Crippen LogP contribution >= 0.6 is 15.9 Å². The predicted octanol–water partition coefficient (Wildman–Crippen LogP) is 3.88. The van der Waals surface area contributed by atoms with E-state index in [2.05, 4.69) is 28.1 Å². The molecule has 2 atom stereocenters. The zero-order chi connectivity index (χ0) is 13.1. The van der Waals surface area contributed by atoms with Crippen molar-refractivity contribution >= 4 is 15.9 Å². The van der Waals surface area contributed by atoms with Crippen molar-refractivity contribution in [1.82, 2.24) is 0 Å². The first-order valence-corrected chi connectivity index (χ1v) is 8.07. The SMILES string of the molecule is NC12CC3CC(C1)CC(Oc1ccc(Br)cc1)(C3)C2. The Morgan fingerprint density at radius 3 is 2.26 bits per heavy atom. The fourth-order valence-corrected chi connectivity index (χ4v) is 5.38. The molecular formula is C16H20BrNO. The van der Waals surface area contributed by atoms with E-state index in [4.69, 9.17) is 10.5 Å². The summed E-state index contributed by atoms with van der Waals surface area (Å²) < 4.78 is 7.53. The summed E-state index contributed by atoms with van der Waals surface area (Å²) in [5, 5.41) is 0. The molecule has 4 bridgehead atoms. The second-order valence-electron chi connectivity index (χ2n) is 7.06. The summed E-state index contributed by atoms with van der Waals surface area (Å²) in [6.07, 6.45) is 7.27. The summed E-state index contributed by atoms with van der Waals surface area (Å²) in [7, 11) is 0. The zero-order valence-corrected chi connectivity index (χ0v) is 12.7. The van der Waals surface area contributed by atoms with Crippen LogP contribution < -0.4 is 10.5 Å². The highest BCUT2D eigenvalue weighted by Crippen LogP contribution is 2.57. The standard InChI is InChI=1S/C16H20BrNO/c17-13-1-3-14(4-2-13)19-16-8-11-5-12(9-16)7-15(18,6-11)10-16/h1-4,11-12H,5-10,18H2.